The molecule has 1 aromatic carbocycles. The highest BCUT2D eigenvalue weighted by Gasteiger charge is 2.47. The lowest BCUT2D eigenvalue weighted by molar-refractivity contribution is -0.200. The molecule has 162 valence electrons. The molecule has 1 spiro atoms. The third kappa shape index (κ3) is 4.96. The molecular weight excluding hydrogens is 402 g/mol. The molecule has 2 saturated heterocycles. The molecule has 1 amide bonds. The Morgan fingerprint density at radius 3 is 2.24 bits per heavy atom. The van der Waals surface area contributed by atoms with Crippen LogP contribution in [0.3, 0.4) is 0 Å². The highest BCUT2D eigenvalue weighted by atomic mass is 19.4. The van der Waals surface area contributed by atoms with E-state index in [1.807, 2.05) is 4.90 Å². The number of likely N-dealkylation sites (tertiary alicyclic amines) is 2. The normalized spacial score (nSPS) is 21.0. The van der Waals surface area contributed by atoms with Gasteiger partial charge in [0.25, 0.3) is 0 Å². The Kier molecular flexibility index (Phi) is 5.77. The summed E-state index contributed by atoms with van der Waals surface area (Å²) in [6.07, 6.45) is -11.0. The van der Waals surface area contributed by atoms with Gasteiger partial charge in [-0.3, -0.25) is 4.90 Å². The second-order valence-electron chi connectivity index (χ2n) is 7.85. The van der Waals surface area contributed by atoms with E-state index in [1.54, 1.807) is 6.07 Å². The number of ether oxygens (including phenoxy) is 1. The molecule has 1 atom stereocenters. The number of amides is 1. The van der Waals surface area contributed by atoms with Crippen LogP contribution in [0.2, 0.25) is 0 Å². The number of hydrogen-bond donors (Lipinski definition) is 0. The van der Waals surface area contributed by atoms with E-state index in [4.69, 9.17) is 0 Å². The van der Waals surface area contributed by atoms with E-state index < -0.39 is 30.1 Å². The van der Waals surface area contributed by atoms with Crippen molar-refractivity contribution in [1.29, 1.82) is 0 Å². The molecule has 0 saturated carbocycles. The number of benzene rings is 1. The van der Waals surface area contributed by atoms with Crippen LogP contribution in [0.25, 0.3) is 0 Å². The Labute approximate surface area is 164 Å². The van der Waals surface area contributed by atoms with E-state index in [9.17, 15) is 31.1 Å². The van der Waals surface area contributed by atoms with Crippen molar-refractivity contribution in [2.24, 2.45) is 5.41 Å². The minimum Gasteiger partial charge on any atom is -0.437 e. The summed E-state index contributed by atoms with van der Waals surface area (Å²) in [5.41, 5.74) is -0.533. The van der Waals surface area contributed by atoms with Crippen LogP contribution in [-0.4, -0.2) is 54.4 Å². The summed E-state index contributed by atoms with van der Waals surface area (Å²) in [5, 5.41) is 0. The fourth-order valence-corrected chi connectivity index (χ4v) is 3.96. The van der Waals surface area contributed by atoms with Gasteiger partial charge in [-0.15, -0.1) is 0 Å². The molecule has 0 radical (unpaired) electrons. The van der Waals surface area contributed by atoms with Gasteiger partial charge >= 0.3 is 18.4 Å². The van der Waals surface area contributed by atoms with Gasteiger partial charge in [0.15, 0.2) is 6.10 Å². The summed E-state index contributed by atoms with van der Waals surface area (Å²) in [4.78, 5) is 15.1. The molecule has 2 fully saturated rings. The predicted molar refractivity (Wildman–Crippen MR) is 92.0 cm³/mol. The van der Waals surface area contributed by atoms with Gasteiger partial charge < -0.3 is 9.64 Å². The number of piperidine rings is 1. The number of halogens is 6. The summed E-state index contributed by atoms with van der Waals surface area (Å²) < 4.78 is 81.4. The quantitative estimate of drug-likeness (QED) is 0.660. The van der Waals surface area contributed by atoms with E-state index in [-0.39, 0.29) is 30.6 Å². The largest absolute Gasteiger partial charge is 0.437 e. The highest BCUT2D eigenvalue weighted by Crippen LogP contribution is 2.42. The number of carbonyl (C=O) groups excluding carboxylic acids is 1. The summed E-state index contributed by atoms with van der Waals surface area (Å²) in [6.45, 7) is 2.72. The lowest BCUT2D eigenvalue weighted by Gasteiger charge is -2.54. The Hall–Kier alpha value is -1.97. The van der Waals surface area contributed by atoms with Crippen LogP contribution in [-0.2, 0) is 17.5 Å². The van der Waals surface area contributed by atoms with Crippen molar-refractivity contribution in [2.75, 3.05) is 26.2 Å². The van der Waals surface area contributed by atoms with Crippen LogP contribution in [0.15, 0.2) is 24.3 Å². The zero-order valence-corrected chi connectivity index (χ0v) is 15.8. The molecule has 2 aliphatic heterocycles. The number of rotatable bonds is 3. The van der Waals surface area contributed by atoms with Gasteiger partial charge in [-0.2, -0.15) is 26.3 Å². The van der Waals surface area contributed by atoms with Crippen molar-refractivity contribution < 1.29 is 35.9 Å². The van der Waals surface area contributed by atoms with E-state index in [2.05, 4.69) is 4.74 Å². The molecule has 29 heavy (non-hydrogen) atoms. The number of carbonyl (C=O) groups is 1. The molecule has 1 unspecified atom stereocenters. The van der Waals surface area contributed by atoms with Crippen LogP contribution < -0.4 is 0 Å². The first-order valence-electron chi connectivity index (χ1n) is 9.29. The Bertz CT molecular complexity index is 733. The van der Waals surface area contributed by atoms with Crippen molar-refractivity contribution in [1.82, 2.24) is 9.80 Å². The Balaban J connectivity index is 1.49. The number of hydrogen-bond acceptors (Lipinski definition) is 3. The fourth-order valence-electron chi connectivity index (χ4n) is 3.96. The van der Waals surface area contributed by atoms with Crippen molar-refractivity contribution in [3.05, 3.63) is 35.4 Å². The molecule has 4 nitrogen and oxygen atoms in total. The van der Waals surface area contributed by atoms with E-state index in [0.717, 1.165) is 13.0 Å². The highest BCUT2D eigenvalue weighted by molar-refractivity contribution is 5.68. The smallest absolute Gasteiger partial charge is 0.425 e. The van der Waals surface area contributed by atoms with Gasteiger partial charge in [-0.1, -0.05) is 18.2 Å². The zero-order valence-electron chi connectivity index (χ0n) is 15.8. The summed E-state index contributed by atoms with van der Waals surface area (Å²) >= 11 is 0. The average Bonchev–Trinajstić information content (AvgIpc) is 2.59. The topological polar surface area (TPSA) is 32.8 Å². The first-order chi connectivity index (χ1) is 13.4. The Morgan fingerprint density at radius 2 is 1.69 bits per heavy atom. The van der Waals surface area contributed by atoms with E-state index in [0.29, 0.717) is 25.9 Å². The van der Waals surface area contributed by atoms with Crippen LogP contribution in [0.5, 0.6) is 0 Å². The average molecular weight is 424 g/mol. The Morgan fingerprint density at radius 1 is 1.10 bits per heavy atom. The van der Waals surface area contributed by atoms with Gasteiger partial charge in [0.05, 0.1) is 5.56 Å². The maximum Gasteiger partial charge on any atom is 0.425 e. The van der Waals surface area contributed by atoms with Gasteiger partial charge in [-0.05, 0) is 36.8 Å². The second kappa shape index (κ2) is 7.70. The maximum absolute atomic E-state index is 13.1. The molecule has 0 bridgehead atoms. The minimum atomic E-state index is -4.60. The van der Waals surface area contributed by atoms with Crippen LogP contribution >= 0.6 is 0 Å². The third-order valence-electron chi connectivity index (χ3n) is 5.66. The predicted octanol–water partition coefficient (Wildman–Crippen LogP) is 4.69. The molecule has 1 aromatic rings. The molecular formula is C19H22F6N2O2. The maximum atomic E-state index is 13.1. The van der Waals surface area contributed by atoms with Crippen molar-refractivity contribution in [2.45, 2.75) is 44.8 Å². The van der Waals surface area contributed by atoms with Gasteiger partial charge in [0.1, 0.15) is 0 Å². The molecule has 0 aromatic heterocycles. The minimum absolute atomic E-state index is 0.112. The van der Waals surface area contributed by atoms with Gasteiger partial charge in [0, 0.05) is 32.7 Å². The first kappa shape index (κ1) is 21.7. The van der Waals surface area contributed by atoms with E-state index in [1.165, 1.54) is 17.0 Å². The number of alkyl halides is 6. The zero-order chi connectivity index (χ0) is 21.4. The fraction of sp³-hybridized carbons (Fsp3) is 0.632. The van der Waals surface area contributed by atoms with Gasteiger partial charge in [0.2, 0.25) is 0 Å². The summed E-state index contributed by atoms with van der Waals surface area (Å²) in [6, 6.07) is 5.47. The molecule has 0 aliphatic carbocycles. The van der Waals surface area contributed by atoms with Crippen LogP contribution in [0, 0.1) is 5.41 Å². The van der Waals surface area contributed by atoms with Crippen molar-refractivity contribution in [3.63, 3.8) is 0 Å². The van der Waals surface area contributed by atoms with Crippen molar-refractivity contribution in [3.8, 4) is 0 Å². The van der Waals surface area contributed by atoms with Crippen molar-refractivity contribution >= 4 is 6.09 Å². The lowest BCUT2D eigenvalue weighted by atomic mass is 9.72. The SMILES string of the molecule is CC(OC(=O)N1CCC2(CC1)CN(Cc1ccccc1C(F)(F)F)C2)C(F)(F)F. The third-order valence-corrected chi connectivity index (χ3v) is 5.66. The molecule has 2 aliphatic rings. The standard InChI is InChI=1S/C19H22F6N2O2/c1-13(18(20,21)22)29-16(28)27-8-6-17(7-9-27)11-26(12-17)10-14-4-2-3-5-15(14)19(23,24)25/h2-5,13H,6-12H2,1H3. The van der Waals surface area contributed by atoms with Crippen LogP contribution in [0.1, 0.15) is 30.9 Å². The monoisotopic (exact) mass is 424 g/mol. The van der Waals surface area contributed by atoms with Gasteiger partial charge in [-0.25, -0.2) is 4.79 Å². The van der Waals surface area contributed by atoms with Crippen LogP contribution in [0.4, 0.5) is 31.1 Å². The summed E-state index contributed by atoms with van der Waals surface area (Å²) in [5.74, 6) is 0. The lowest BCUT2D eigenvalue weighted by Crippen LogP contribution is -2.60. The molecule has 2 heterocycles. The second-order valence-corrected chi connectivity index (χ2v) is 7.85. The molecule has 3 rings (SSSR count). The first-order valence-corrected chi connectivity index (χ1v) is 9.29. The molecule has 10 heteroatoms. The molecule has 0 N–H and O–H groups in total. The summed E-state index contributed by atoms with van der Waals surface area (Å²) in [7, 11) is 0. The van der Waals surface area contributed by atoms with E-state index >= 15 is 0 Å². The number of nitrogens with zero attached hydrogens (tertiary/aromatic N) is 2.